The lowest BCUT2D eigenvalue weighted by molar-refractivity contribution is -0.384. The van der Waals surface area contributed by atoms with Gasteiger partial charge in [0.05, 0.1) is 4.92 Å². The van der Waals surface area contributed by atoms with E-state index in [-0.39, 0.29) is 22.9 Å². The molecule has 2 aromatic carbocycles. The fourth-order valence-corrected chi connectivity index (χ4v) is 3.76. The number of nitro groups is 1. The first kappa shape index (κ1) is 20.7. The third kappa shape index (κ3) is 4.71. The number of hydrogen-bond donors (Lipinski definition) is 1. The Morgan fingerprint density at radius 3 is 2.34 bits per heavy atom. The molecule has 1 N–H and O–H groups in total. The van der Waals surface area contributed by atoms with Crippen LogP contribution in [0.2, 0.25) is 0 Å². The van der Waals surface area contributed by atoms with Crippen LogP contribution in [-0.2, 0) is 20.0 Å². The van der Waals surface area contributed by atoms with Crippen LogP contribution in [0.1, 0.15) is 5.56 Å². The van der Waals surface area contributed by atoms with E-state index in [1.165, 1.54) is 38.5 Å². The van der Waals surface area contributed by atoms with Gasteiger partial charge in [-0.05, 0) is 24.1 Å². The van der Waals surface area contributed by atoms with Gasteiger partial charge in [0.1, 0.15) is 0 Å². The summed E-state index contributed by atoms with van der Waals surface area (Å²) in [4.78, 5) is 14.6. The van der Waals surface area contributed by atoms with E-state index in [1.54, 1.807) is 0 Å². The summed E-state index contributed by atoms with van der Waals surface area (Å²) in [5, 5.41) is 13.9. The summed E-state index contributed by atoms with van der Waals surface area (Å²) >= 11 is 0. The summed E-state index contributed by atoms with van der Waals surface area (Å²) in [5.74, 6) is 0.313. The molecule has 0 aliphatic rings. The van der Waals surface area contributed by atoms with Crippen LogP contribution in [0.4, 0.5) is 11.6 Å². The molecule has 0 fully saturated rings. The molecule has 0 atom stereocenters. The Balaban J connectivity index is 1.88. The van der Waals surface area contributed by atoms with Crippen LogP contribution in [0.25, 0.3) is 11.5 Å². The van der Waals surface area contributed by atoms with E-state index in [1.807, 2.05) is 30.3 Å². The van der Waals surface area contributed by atoms with Crippen LogP contribution in [0.5, 0.6) is 0 Å². The van der Waals surface area contributed by atoms with Gasteiger partial charge in [-0.25, -0.2) is 0 Å². The number of benzene rings is 2. The van der Waals surface area contributed by atoms with Crippen molar-refractivity contribution in [3.05, 3.63) is 70.3 Å². The molecule has 0 bridgehead atoms. The van der Waals surface area contributed by atoms with E-state index in [2.05, 4.69) is 10.3 Å². The van der Waals surface area contributed by atoms with Gasteiger partial charge < -0.3 is 18.8 Å². The number of oxazole rings is 1. The highest BCUT2D eigenvalue weighted by molar-refractivity contribution is 7.62. The zero-order valence-electron chi connectivity index (χ0n) is 15.9. The minimum Gasteiger partial charge on any atom is -0.420 e. The van der Waals surface area contributed by atoms with Crippen LogP contribution in [0.15, 0.2) is 59.0 Å². The summed E-state index contributed by atoms with van der Waals surface area (Å²) in [6.45, 7) is 0.499. The highest BCUT2D eigenvalue weighted by Crippen LogP contribution is 2.47. The highest BCUT2D eigenvalue weighted by Gasteiger charge is 2.34. The topological polar surface area (TPSA) is 117 Å². The summed E-state index contributed by atoms with van der Waals surface area (Å²) in [6.07, 6.45) is 0.706. The molecule has 0 radical (unpaired) electrons. The van der Waals surface area contributed by atoms with E-state index in [4.69, 9.17) is 13.5 Å². The number of nitrogens with one attached hydrogen (secondary N) is 1. The van der Waals surface area contributed by atoms with Gasteiger partial charge in [-0.1, -0.05) is 30.3 Å². The van der Waals surface area contributed by atoms with Crippen LogP contribution in [-0.4, -0.2) is 30.7 Å². The minimum absolute atomic E-state index is 0.0175. The predicted molar refractivity (Wildman–Crippen MR) is 108 cm³/mol. The Kier molecular flexibility index (Phi) is 6.43. The molecule has 0 saturated heterocycles. The number of nitro benzene ring substituents is 1. The monoisotopic (exact) mass is 417 g/mol. The first-order chi connectivity index (χ1) is 14.0. The molecule has 0 unspecified atom stereocenters. The summed E-state index contributed by atoms with van der Waals surface area (Å²) in [7, 11) is -1.16. The van der Waals surface area contributed by atoms with Gasteiger partial charge in [0, 0.05) is 38.5 Å². The van der Waals surface area contributed by atoms with Crippen molar-refractivity contribution >= 4 is 24.6 Å². The Morgan fingerprint density at radius 1 is 1.10 bits per heavy atom. The zero-order valence-corrected chi connectivity index (χ0v) is 16.8. The zero-order chi connectivity index (χ0) is 20.9. The van der Waals surface area contributed by atoms with Gasteiger partial charge in [0.15, 0.2) is 0 Å². The molecule has 9 nitrogen and oxygen atoms in total. The maximum Gasteiger partial charge on any atom is 0.384 e. The van der Waals surface area contributed by atoms with E-state index in [9.17, 15) is 14.7 Å². The van der Waals surface area contributed by atoms with Crippen molar-refractivity contribution in [1.29, 1.82) is 0 Å². The Hall–Kier alpha value is -3.00. The van der Waals surface area contributed by atoms with Gasteiger partial charge in [0.2, 0.25) is 17.2 Å². The minimum atomic E-state index is -3.68. The molecule has 3 aromatic rings. The lowest BCUT2D eigenvalue weighted by atomic mass is 10.1. The van der Waals surface area contributed by atoms with Gasteiger partial charge in [-0.3, -0.25) is 14.7 Å². The van der Waals surface area contributed by atoms with E-state index in [0.29, 0.717) is 18.5 Å². The van der Waals surface area contributed by atoms with E-state index in [0.717, 1.165) is 5.56 Å². The van der Waals surface area contributed by atoms with Crippen LogP contribution in [0, 0.1) is 10.1 Å². The second-order valence-electron chi connectivity index (χ2n) is 6.00. The molecule has 10 heteroatoms. The van der Waals surface area contributed by atoms with E-state index >= 15 is 0 Å². The third-order valence-corrected chi connectivity index (χ3v) is 6.00. The second kappa shape index (κ2) is 9.00. The summed E-state index contributed by atoms with van der Waals surface area (Å²) in [6, 6.07) is 15.5. The van der Waals surface area contributed by atoms with Crippen LogP contribution in [0.3, 0.4) is 0 Å². The maximum absolute atomic E-state index is 12.9. The Morgan fingerprint density at radius 2 is 1.76 bits per heavy atom. The Labute approximate surface area is 167 Å². The van der Waals surface area contributed by atoms with Crippen molar-refractivity contribution in [3.8, 4) is 11.5 Å². The summed E-state index contributed by atoms with van der Waals surface area (Å²) in [5.41, 5.74) is 1.58. The van der Waals surface area contributed by atoms with Gasteiger partial charge >= 0.3 is 7.60 Å². The second-order valence-corrected chi connectivity index (χ2v) is 8.15. The van der Waals surface area contributed by atoms with Crippen LogP contribution >= 0.6 is 7.60 Å². The first-order valence-electron chi connectivity index (χ1n) is 8.72. The first-order valence-corrected chi connectivity index (χ1v) is 10.3. The number of nitrogens with zero attached hydrogens (tertiary/aromatic N) is 2. The highest BCUT2D eigenvalue weighted by atomic mass is 31.2. The lowest BCUT2D eigenvalue weighted by Crippen LogP contribution is -2.16. The average molecular weight is 417 g/mol. The molecule has 0 spiro atoms. The predicted octanol–water partition coefficient (Wildman–Crippen LogP) is 4.02. The third-order valence-electron chi connectivity index (χ3n) is 4.22. The van der Waals surface area contributed by atoms with Crippen molar-refractivity contribution in [2.45, 2.75) is 6.42 Å². The van der Waals surface area contributed by atoms with Gasteiger partial charge in [-0.15, -0.1) is 0 Å². The lowest BCUT2D eigenvalue weighted by Gasteiger charge is -2.12. The SMILES string of the molecule is COP(=O)(OC)c1nc(-c2ccc([N+](=O)[O-])cc2)oc1NCCc1ccccc1. The smallest absolute Gasteiger partial charge is 0.384 e. The molecular weight excluding hydrogens is 397 g/mol. The molecule has 152 valence electrons. The van der Waals surface area contributed by atoms with E-state index < -0.39 is 12.5 Å². The number of non-ortho nitro benzene ring substituents is 1. The molecule has 1 heterocycles. The van der Waals surface area contributed by atoms with Gasteiger partial charge in [0.25, 0.3) is 5.69 Å². The molecule has 1 aromatic heterocycles. The number of hydrogen-bond acceptors (Lipinski definition) is 8. The Bertz CT molecular complexity index is 1010. The average Bonchev–Trinajstić information content (AvgIpc) is 3.19. The van der Waals surface area contributed by atoms with Crippen molar-refractivity contribution < 1.29 is 23.0 Å². The maximum atomic E-state index is 12.9. The standard InChI is InChI=1S/C19H20N3O6P/c1-26-29(25,27-2)19-18(20-13-12-14-6-4-3-5-7-14)28-17(21-19)15-8-10-16(11-9-15)22(23)24/h3-11,20H,12-13H2,1-2H3. The number of aromatic nitrogens is 1. The fraction of sp³-hybridized carbons (Fsp3) is 0.211. The van der Waals surface area contributed by atoms with Crippen molar-refractivity contribution in [2.75, 3.05) is 26.1 Å². The molecule has 29 heavy (non-hydrogen) atoms. The number of rotatable bonds is 9. The molecule has 0 aliphatic heterocycles. The summed E-state index contributed by atoms with van der Waals surface area (Å²) < 4.78 is 28.8. The van der Waals surface area contributed by atoms with Crippen molar-refractivity contribution in [2.24, 2.45) is 0 Å². The van der Waals surface area contributed by atoms with Gasteiger partial charge in [-0.2, -0.15) is 4.98 Å². The largest absolute Gasteiger partial charge is 0.420 e. The number of anilines is 1. The van der Waals surface area contributed by atoms with Crippen molar-refractivity contribution in [1.82, 2.24) is 4.98 Å². The normalized spacial score (nSPS) is 11.4. The van der Waals surface area contributed by atoms with Crippen molar-refractivity contribution in [3.63, 3.8) is 0 Å². The molecular formula is C19H20N3O6P. The molecule has 0 aliphatic carbocycles. The molecule has 0 amide bonds. The molecule has 0 saturated carbocycles. The fourth-order valence-electron chi connectivity index (χ4n) is 2.67. The molecule has 3 rings (SSSR count). The van der Waals surface area contributed by atoms with Crippen LogP contribution < -0.4 is 10.8 Å². The quantitative estimate of drug-likeness (QED) is 0.315.